The summed E-state index contributed by atoms with van der Waals surface area (Å²) in [6.07, 6.45) is 1.90. The molecule has 0 atom stereocenters. The molecule has 1 N–H and O–H groups in total. The van der Waals surface area contributed by atoms with Crippen LogP contribution in [0.2, 0.25) is 0 Å². The molecule has 1 aliphatic heterocycles. The van der Waals surface area contributed by atoms with Gasteiger partial charge in [0.15, 0.2) is 5.65 Å². The second kappa shape index (κ2) is 8.37. The van der Waals surface area contributed by atoms with Crippen LogP contribution >= 0.6 is 15.9 Å². The lowest BCUT2D eigenvalue weighted by molar-refractivity contribution is -0.137. The number of hydrogen-bond acceptors (Lipinski definition) is 5. The van der Waals surface area contributed by atoms with Gasteiger partial charge >= 0.3 is 11.7 Å². The molecule has 0 aliphatic carbocycles. The van der Waals surface area contributed by atoms with E-state index in [0.29, 0.717) is 17.2 Å². The summed E-state index contributed by atoms with van der Waals surface area (Å²) in [6, 6.07) is 4.14. The summed E-state index contributed by atoms with van der Waals surface area (Å²) in [7, 11) is -4.29. The monoisotopic (exact) mass is 530 g/mol. The van der Waals surface area contributed by atoms with Gasteiger partial charge in [0.05, 0.1) is 9.99 Å². The van der Waals surface area contributed by atoms with Crippen LogP contribution in [-0.4, -0.2) is 51.0 Å². The van der Waals surface area contributed by atoms with Gasteiger partial charge in [-0.05, 0) is 53.0 Å². The first-order valence-electron chi connectivity index (χ1n) is 9.53. The van der Waals surface area contributed by atoms with E-state index in [1.54, 1.807) is 12.1 Å². The van der Waals surface area contributed by atoms with Crippen molar-refractivity contribution in [2.24, 2.45) is 0 Å². The summed E-state index contributed by atoms with van der Waals surface area (Å²) in [5, 5.41) is 9.14. The van der Waals surface area contributed by atoms with Gasteiger partial charge in [-0.2, -0.15) is 4.31 Å². The Morgan fingerprint density at radius 1 is 1.22 bits per heavy atom. The number of hydrogen-bond donors (Lipinski definition) is 1. The van der Waals surface area contributed by atoms with Crippen LogP contribution < -0.4 is 5.69 Å². The Morgan fingerprint density at radius 2 is 1.91 bits per heavy atom. The minimum Gasteiger partial charge on any atom is -0.480 e. The van der Waals surface area contributed by atoms with Gasteiger partial charge in [-0.3, -0.25) is 13.9 Å². The van der Waals surface area contributed by atoms with Crippen LogP contribution in [0.3, 0.4) is 0 Å². The Morgan fingerprint density at radius 3 is 2.56 bits per heavy atom. The van der Waals surface area contributed by atoms with E-state index < -0.39 is 50.8 Å². The summed E-state index contributed by atoms with van der Waals surface area (Å²) in [6.45, 7) is -0.598. The number of fused-ring (bicyclic) bond motifs is 1. The number of aliphatic carboxylic acids is 1. The highest BCUT2D eigenvalue weighted by Gasteiger charge is 2.34. The van der Waals surface area contributed by atoms with E-state index in [2.05, 4.69) is 20.9 Å². The van der Waals surface area contributed by atoms with Crippen LogP contribution in [0.4, 0.5) is 8.78 Å². The highest BCUT2D eigenvalue weighted by atomic mass is 79.9. The van der Waals surface area contributed by atoms with Crippen molar-refractivity contribution in [2.75, 3.05) is 13.1 Å². The number of carboxylic acids is 1. The van der Waals surface area contributed by atoms with Crippen LogP contribution in [-0.2, 0) is 21.4 Å². The number of pyridine rings is 1. The van der Waals surface area contributed by atoms with Gasteiger partial charge in [-0.1, -0.05) is 0 Å². The van der Waals surface area contributed by atoms with Crippen molar-refractivity contribution in [1.82, 2.24) is 18.4 Å². The third kappa shape index (κ3) is 3.84. The first-order chi connectivity index (χ1) is 15.1. The number of nitrogens with zero attached hydrogens (tertiary/aromatic N) is 4. The maximum atomic E-state index is 14.3. The fourth-order valence-corrected chi connectivity index (χ4v) is 5.75. The van der Waals surface area contributed by atoms with Crippen molar-refractivity contribution in [3.8, 4) is 0 Å². The van der Waals surface area contributed by atoms with Gasteiger partial charge in [0, 0.05) is 25.3 Å². The number of halogens is 3. The molecule has 0 bridgehead atoms. The van der Waals surface area contributed by atoms with Gasteiger partial charge in [0.25, 0.3) is 0 Å². The first-order valence-corrected chi connectivity index (χ1v) is 11.8. The Labute approximate surface area is 189 Å². The first kappa shape index (κ1) is 22.6. The van der Waals surface area contributed by atoms with Gasteiger partial charge in [0.2, 0.25) is 10.0 Å². The maximum absolute atomic E-state index is 14.3. The predicted molar refractivity (Wildman–Crippen MR) is 113 cm³/mol. The molecular weight excluding hydrogens is 514 g/mol. The molecule has 13 heteroatoms. The summed E-state index contributed by atoms with van der Waals surface area (Å²) in [5.74, 6) is -3.15. The van der Waals surface area contributed by atoms with Crippen LogP contribution in [0, 0.1) is 11.6 Å². The van der Waals surface area contributed by atoms with E-state index in [-0.39, 0.29) is 30.4 Å². The summed E-state index contributed by atoms with van der Waals surface area (Å²) >= 11 is 2.82. The highest BCUT2D eigenvalue weighted by Crippen LogP contribution is 2.30. The average Bonchev–Trinajstić information content (AvgIpc) is 3.02. The molecule has 1 fully saturated rings. The largest absolute Gasteiger partial charge is 0.480 e. The van der Waals surface area contributed by atoms with Crippen molar-refractivity contribution in [1.29, 1.82) is 0 Å². The predicted octanol–water partition coefficient (Wildman–Crippen LogP) is 2.35. The normalized spacial score (nSPS) is 16.0. The Hall–Kier alpha value is -2.64. The van der Waals surface area contributed by atoms with E-state index in [9.17, 15) is 26.8 Å². The SMILES string of the molecule is O=C(O)Cn1c(=O)n(C2CCN(S(=O)(=O)c3cc(F)c(Br)cc3F)CC2)c2ncccc21. The van der Waals surface area contributed by atoms with Gasteiger partial charge in [-0.15, -0.1) is 0 Å². The summed E-state index contributed by atoms with van der Waals surface area (Å²) in [5.41, 5.74) is 0.117. The minimum atomic E-state index is -4.29. The number of carboxylic acid groups (broad SMARTS) is 1. The molecule has 2 aromatic heterocycles. The van der Waals surface area contributed by atoms with Gasteiger partial charge in [-0.25, -0.2) is 27.0 Å². The molecule has 0 unspecified atom stereocenters. The quantitative estimate of drug-likeness (QED) is 0.506. The zero-order valence-electron chi connectivity index (χ0n) is 16.4. The number of carbonyl (C=O) groups is 1. The Bertz CT molecular complexity index is 1380. The number of benzene rings is 1. The van der Waals surface area contributed by atoms with E-state index in [4.69, 9.17) is 5.11 Å². The van der Waals surface area contributed by atoms with Crippen molar-refractivity contribution in [2.45, 2.75) is 30.3 Å². The van der Waals surface area contributed by atoms with Crippen LogP contribution in [0.25, 0.3) is 11.2 Å². The zero-order valence-corrected chi connectivity index (χ0v) is 18.8. The van der Waals surface area contributed by atoms with E-state index in [0.717, 1.165) is 14.9 Å². The third-order valence-electron chi connectivity index (χ3n) is 5.40. The van der Waals surface area contributed by atoms with Crippen LogP contribution in [0.15, 0.2) is 44.6 Å². The number of aromatic nitrogens is 3. The Kier molecular flexibility index (Phi) is 5.90. The highest BCUT2D eigenvalue weighted by molar-refractivity contribution is 9.10. The number of piperidine rings is 1. The molecule has 0 spiro atoms. The molecule has 0 radical (unpaired) electrons. The van der Waals surface area contributed by atoms with Crippen molar-refractivity contribution in [3.05, 3.63) is 57.1 Å². The van der Waals surface area contributed by atoms with E-state index in [1.165, 1.54) is 10.8 Å². The number of rotatable bonds is 5. The number of imidazole rings is 1. The molecular formula is C19H17BrF2N4O5S. The van der Waals surface area contributed by atoms with Crippen LogP contribution in [0.5, 0.6) is 0 Å². The van der Waals surface area contributed by atoms with Crippen molar-refractivity contribution < 1.29 is 27.1 Å². The van der Waals surface area contributed by atoms with Crippen molar-refractivity contribution in [3.63, 3.8) is 0 Å². The molecule has 0 saturated carbocycles. The molecule has 3 aromatic rings. The second-order valence-corrected chi connectivity index (χ2v) is 10.1. The topological polar surface area (TPSA) is 114 Å². The molecule has 9 nitrogen and oxygen atoms in total. The van der Waals surface area contributed by atoms with Gasteiger partial charge < -0.3 is 5.11 Å². The maximum Gasteiger partial charge on any atom is 0.331 e. The fourth-order valence-electron chi connectivity index (χ4n) is 3.91. The van der Waals surface area contributed by atoms with Crippen molar-refractivity contribution >= 4 is 43.1 Å². The van der Waals surface area contributed by atoms with Gasteiger partial charge in [0.1, 0.15) is 23.1 Å². The summed E-state index contributed by atoms with van der Waals surface area (Å²) in [4.78, 5) is 27.6. The smallest absolute Gasteiger partial charge is 0.331 e. The molecule has 1 aliphatic rings. The standard InChI is InChI=1S/C19H17BrF2N4O5S/c20-12-8-14(22)16(9-13(12)21)32(30,31)24-6-3-11(4-7-24)26-18-15(2-1-5-23-18)25(19(26)29)10-17(27)28/h1-2,5,8-9,11H,3-4,6-7,10H2,(H,27,28). The molecule has 0 amide bonds. The second-order valence-electron chi connectivity index (χ2n) is 7.31. The lowest BCUT2D eigenvalue weighted by Crippen LogP contribution is -2.41. The Balaban J connectivity index is 1.63. The molecule has 170 valence electrons. The third-order valence-corrected chi connectivity index (χ3v) is 7.92. The van der Waals surface area contributed by atoms with Crippen LogP contribution in [0.1, 0.15) is 18.9 Å². The molecule has 1 saturated heterocycles. The number of sulfonamides is 1. The summed E-state index contributed by atoms with van der Waals surface area (Å²) < 4.78 is 57.2. The lowest BCUT2D eigenvalue weighted by Gasteiger charge is -2.31. The van der Waals surface area contributed by atoms with E-state index in [1.807, 2.05) is 0 Å². The average molecular weight is 531 g/mol. The molecule has 4 rings (SSSR count). The zero-order chi connectivity index (χ0) is 23.2. The molecule has 32 heavy (non-hydrogen) atoms. The minimum absolute atomic E-state index is 0.0327. The molecule has 1 aromatic carbocycles. The fraction of sp³-hybridized carbons (Fsp3) is 0.316. The lowest BCUT2D eigenvalue weighted by atomic mass is 10.1. The molecule has 3 heterocycles. The van der Waals surface area contributed by atoms with E-state index >= 15 is 0 Å².